The van der Waals surface area contributed by atoms with Crippen molar-refractivity contribution in [3.05, 3.63) is 58.1 Å². The number of rotatable bonds is 5. The van der Waals surface area contributed by atoms with Crippen LogP contribution in [-0.2, 0) is 16.1 Å². The van der Waals surface area contributed by atoms with Crippen molar-refractivity contribution in [1.82, 2.24) is 5.32 Å². The summed E-state index contributed by atoms with van der Waals surface area (Å²) in [4.78, 5) is 12.8. The maximum Gasteiger partial charge on any atom is 0.227 e. The average molecular weight is 393 g/mol. The number of nitrogens with one attached hydrogen (secondary N) is 1. The lowest BCUT2D eigenvalue weighted by molar-refractivity contribution is -0.136. The van der Waals surface area contributed by atoms with Crippen LogP contribution >= 0.6 is 23.2 Å². The van der Waals surface area contributed by atoms with Crippen molar-refractivity contribution in [2.45, 2.75) is 19.4 Å². The Bertz CT molecular complexity index is 789. The Labute approximate surface area is 163 Å². The van der Waals surface area contributed by atoms with Gasteiger partial charge in [-0.15, -0.1) is 0 Å². The van der Waals surface area contributed by atoms with Gasteiger partial charge < -0.3 is 15.8 Å². The summed E-state index contributed by atoms with van der Waals surface area (Å²) in [5, 5.41) is 4.23. The Hall–Kier alpha value is -1.59. The second-order valence-corrected chi connectivity index (χ2v) is 7.40. The van der Waals surface area contributed by atoms with Crippen molar-refractivity contribution >= 4 is 29.1 Å². The minimum Gasteiger partial charge on any atom is -0.381 e. The second-order valence-electron chi connectivity index (χ2n) is 6.56. The number of carbonyl (C=O) groups excluding carboxylic acids is 1. The summed E-state index contributed by atoms with van der Waals surface area (Å²) in [6, 6.07) is 13.3. The first-order valence-electron chi connectivity index (χ1n) is 8.65. The molecule has 1 heterocycles. The van der Waals surface area contributed by atoms with Crippen LogP contribution in [0, 0.1) is 5.41 Å². The summed E-state index contributed by atoms with van der Waals surface area (Å²) in [6.45, 7) is 1.88. The average Bonchev–Trinajstić information content (AvgIpc) is 2.67. The van der Waals surface area contributed by atoms with Gasteiger partial charge in [0.1, 0.15) is 0 Å². The molecule has 0 spiro atoms. The van der Waals surface area contributed by atoms with Crippen LogP contribution in [0.2, 0.25) is 10.0 Å². The van der Waals surface area contributed by atoms with Crippen molar-refractivity contribution in [3.8, 4) is 11.1 Å². The highest BCUT2D eigenvalue weighted by atomic mass is 35.5. The molecule has 3 N–H and O–H groups in total. The zero-order valence-corrected chi connectivity index (χ0v) is 15.9. The minimum atomic E-state index is -0.537. The Balaban J connectivity index is 1.79. The van der Waals surface area contributed by atoms with E-state index < -0.39 is 5.41 Å². The normalized spacial score (nSPS) is 16.3. The minimum absolute atomic E-state index is 0.0136. The Kier molecular flexibility index (Phi) is 6.20. The van der Waals surface area contributed by atoms with Crippen molar-refractivity contribution in [3.63, 3.8) is 0 Å². The van der Waals surface area contributed by atoms with Gasteiger partial charge in [-0.25, -0.2) is 0 Å². The third-order valence-electron chi connectivity index (χ3n) is 5.00. The fraction of sp³-hybridized carbons (Fsp3) is 0.350. The molecule has 0 unspecified atom stereocenters. The Morgan fingerprint density at radius 3 is 2.54 bits per heavy atom. The molecule has 2 aromatic carbocycles. The fourth-order valence-electron chi connectivity index (χ4n) is 3.29. The van der Waals surface area contributed by atoms with E-state index in [0.717, 1.165) is 16.7 Å². The zero-order valence-electron chi connectivity index (χ0n) is 14.4. The van der Waals surface area contributed by atoms with Crippen LogP contribution in [0.4, 0.5) is 0 Å². The first kappa shape index (κ1) is 19.2. The number of hydrogen-bond donors (Lipinski definition) is 2. The van der Waals surface area contributed by atoms with Crippen LogP contribution < -0.4 is 11.1 Å². The molecule has 0 radical (unpaired) electrons. The molecule has 1 aliphatic rings. The maximum atomic E-state index is 12.8. The molecule has 0 bridgehead atoms. The number of halogens is 2. The summed E-state index contributed by atoms with van der Waals surface area (Å²) >= 11 is 12.4. The van der Waals surface area contributed by atoms with Gasteiger partial charge in [0.25, 0.3) is 0 Å². The molecular formula is C20H22Cl2N2O2. The second kappa shape index (κ2) is 8.40. The molecule has 0 atom stereocenters. The van der Waals surface area contributed by atoms with E-state index in [2.05, 4.69) is 5.32 Å². The molecule has 138 valence electrons. The van der Waals surface area contributed by atoms with E-state index in [1.165, 1.54) is 0 Å². The molecule has 4 nitrogen and oxygen atoms in total. The van der Waals surface area contributed by atoms with Crippen LogP contribution in [0.5, 0.6) is 0 Å². The lowest BCUT2D eigenvalue weighted by Crippen LogP contribution is -2.49. The van der Waals surface area contributed by atoms with Gasteiger partial charge in [-0.05, 0) is 36.1 Å². The molecule has 6 heteroatoms. The molecule has 1 fully saturated rings. The van der Waals surface area contributed by atoms with Crippen molar-refractivity contribution in [2.24, 2.45) is 11.1 Å². The molecule has 0 aromatic heterocycles. The van der Waals surface area contributed by atoms with E-state index in [-0.39, 0.29) is 5.91 Å². The predicted octanol–water partition coefficient (Wildman–Crippen LogP) is 4.03. The summed E-state index contributed by atoms with van der Waals surface area (Å²) in [5.74, 6) is -0.0136. The van der Waals surface area contributed by atoms with E-state index >= 15 is 0 Å². The third kappa shape index (κ3) is 4.04. The van der Waals surface area contributed by atoms with E-state index in [4.69, 9.17) is 33.7 Å². The molecule has 1 amide bonds. The zero-order chi connectivity index (χ0) is 18.6. The van der Waals surface area contributed by atoms with Gasteiger partial charge in [0.15, 0.2) is 0 Å². The largest absolute Gasteiger partial charge is 0.381 e. The van der Waals surface area contributed by atoms with Crippen LogP contribution in [0.25, 0.3) is 11.1 Å². The molecule has 26 heavy (non-hydrogen) atoms. The first-order chi connectivity index (χ1) is 12.6. The monoisotopic (exact) mass is 392 g/mol. The number of hydrogen-bond acceptors (Lipinski definition) is 3. The molecule has 1 aliphatic heterocycles. The summed E-state index contributed by atoms with van der Waals surface area (Å²) < 4.78 is 5.38. The highest BCUT2D eigenvalue weighted by molar-refractivity contribution is 6.36. The first-order valence-corrected chi connectivity index (χ1v) is 9.41. The lowest BCUT2D eigenvalue weighted by Gasteiger charge is -2.34. The topological polar surface area (TPSA) is 64.4 Å². The number of nitrogens with two attached hydrogens (primary N) is 1. The summed E-state index contributed by atoms with van der Waals surface area (Å²) in [5.41, 5.74) is 8.23. The SMILES string of the molecule is NCC1(C(=O)NCc2ccccc2-c2ccc(Cl)cc2Cl)CCOCC1. The summed E-state index contributed by atoms with van der Waals surface area (Å²) in [7, 11) is 0. The van der Waals surface area contributed by atoms with Crippen LogP contribution in [-0.4, -0.2) is 25.7 Å². The van der Waals surface area contributed by atoms with Crippen molar-refractivity contribution < 1.29 is 9.53 Å². The van der Waals surface area contributed by atoms with Crippen molar-refractivity contribution in [2.75, 3.05) is 19.8 Å². The quantitative estimate of drug-likeness (QED) is 0.806. The van der Waals surface area contributed by atoms with Gasteiger partial charge in [0, 0.05) is 41.9 Å². The van der Waals surface area contributed by atoms with Gasteiger partial charge in [-0.2, -0.15) is 0 Å². The van der Waals surface area contributed by atoms with Crippen LogP contribution in [0.1, 0.15) is 18.4 Å². The lowest BCUT2D eigenvalue weighted by atomic mass is 9.79. The van der Waals surface area contributed by atoms with E-state index in [1.54, 1.807) is 6.07 Å². The smallest absolute Gasteiger partial charge is 0.227 e. The molecule has 3 rings (SSSR count). The number of amides is 1. The summed E-state index contributed by atoms with van der Waals surface area (Å²) in [6.07, 6.45) is 1.31. The molecule has 1 saturated heterocycles. The standard InChI is InChI=1S/C20H22Cl2N2O2/c21-15-5-6-17(18(22)11-15)16-4-2-1-3-14(16)12-24-19(25)20(13-23)7-9-26-10-8-20/h1-6,11H,7-10,12-13,23H2,(H,24,25). The maximum absolute atomic E-state index is 12.8. The molecular weight excluding hydrogens is 371 g/mol. The van der Waals surface area contributed by atoms with Crippen LogP contribution in [0.15, 0.2) is 42.5 Å². The highest BCUT2D eigenvalue weighted by Crippen LogP contribution is 2.33. The van der Waals surface area contributed by atoms with Crippen molar-refractivity contribution in [1.29, 1.82) is 0 Å². The van der Waals surface area contributed by atoms with E-state index in [9.17, 15) is 4.79 Å². The highest BCUT2D eigenvalue weighted by Gasteiger charge is 2.38. The number of benzene rings is 2. The van der Waals surface area contributed by atoms with E-state index in [1.807, 2.05) is 36.4 Å². The molecule has 0 aliphatic carbocycles. The van der Waals surface area contributed by atoms with E-state index in [0.29, 0.717) is 49.2 Å². The molecule has 2 aromatic rings. The third-order valence-corrected chi connectivity index (χ3v) is 5.55. The number of ether oxygens (including phenoxy) is 1. The Morgan fingerprint density at radius 1 is 1.12 bits per heavy atom. The van der Waals surface area contributed by atoms with Gasteiger partial charge >= 0.3 is 0 Å². The predicted molar refractivity (Wildman–Crippen MR) is 105 cm³/mol. The molecule has 0 saturated carbocycles. The van der Waals surface area contributed by atoms with Gasteiger partial charge in [0.05, 0.1) is 5.41 Å². The van der Waals surface area contributed by atoms with Crippen LogP contribution in [0.3, 0.4) is 0 Å². The van der Waals surface area contributed by atoms with Gasteiger partial charge in [-0.3, -0.25) is 4.79 Å². The Morgan fingerprint density at radius 2 is 1.85 bits per heavy atom. The number of carbonyl (C=O) groups is 1. The fourth-order valence-corrected chi connectivity index (χ4v) is 3.80. The van der Waals surface area contributed by atoms with Gasteiger partial charge in [-0.1, -0.05) is 53.5 Å². The van der Waals surface area contributed by atoms with Gasteiger partial charge in [0.2, 0.25) is 5.91 Å².